The highest BCUT2D eigenvalue weighted by Crippen LogP contribution is 2.23. The van der Waals surface area contributed by atoms with Gasteiger partial charge in [-0.05, 0) is 17.2 Å². The molecular weight excluding hydrogens is 369 g/mol. The van der Waals surface area contributed by atoms with Crippen molar-refractivity contribution in [3.8, 4) is 0 Å². The second-order valence-electron chi connectivity index (χ2n) is 5.67. The summed E-state index contributed by atoms with van der Waals surface area (Å²) in [7, 11) is 0. The summed E-state index contributed by atoms with van der Waals surface area (Å²) < 4.78 is 0. The van der Waals surface area contributed by atoms with Crippen LogP contribution in [0.5, 0.6) is 0 Å². The van der Waals surface area contributed by atoms with Crippen LogP contribution in [0.25, 0.3) is 0 Å². The van der Waals surface area contributed by atoms with Crippen LogP contribution in [0.1, 0.15) is 17.2 Å². The third-order valence-electron chi connectivity index (χ3n) is 3.80. The van der Waals surface area contributed by atoms with Crippen LogP contribution in [0.3, 0.4) is 0 Å². The Morgan fingerprint density at radius 3 is 2.08 bits per heavy atom. The number of nitrogens with zero attached hydrogens (tertiary/aromatic N) is 1. The first-order chi connectivity index (χ1) is 12.6. The van der Waals surface area contributed by atoms with E-state index in [1.807, 2.05) is 60.7 Å². The molecule has 6 heteroatoms. The van der Waals surface area contributed by atoms with Crippen molar-refractivity contribution in [2.24, 2.45) is 0 Å². The Morgan fingerprint density at radius 2 is 1.54 bits per heavy atom. The number of aromatic nitrogens is 1. The fourth-order valence-corrected chi connectivity index (χ4v) is 3.02. The number of pyridine rings is 1. The lowest BCUT2D eigenvalue weighted by atomic mass is 9.99. The molecule has 0 aliphatic heterocycles. The summed E-state index contributed by atoms with van der Waals surface area (Å²) in [6, 6.07) is 21.4. The second kappa shape index (κ2) is 8.81. The van der Waals surface area contributed by atoms with Gasteiger partial charge in [0.25, 0.3) is 0 Å². The summed E-state index contributed by atoms with van der Waals surface area (Å²) in [6.45, 7) is 0.106. The molecule has 132 valence electrons. The molecular formula is C20H17Cl2N3O. The summed E-state index contributed by atoms with van der Waals surface area (Å²) in [5.41, 5.74) is 2.16. The van der Waals surface area contributed by atoms with E-state index >= 15 is 0 Å². The van der Waals surface area contributed by atoms with E-state index in [0.29, 0.717) is 15.9 Å². The van der Waals surface area contributed by atoms with Crippen molar-refractivity contribution >= 4 is 34.9 Å². The van der Waals surface area contributed by atoms with Gasteiger partial charge in [0.1, 0.15) is 0 Å². The molecule has 4 nitrogen and oxygen atoms in total. The number of halogens is 2. The zero-order chi connectivity index (χ0) is 18.4. The zero-order valence-electron chi connectivity index (χ0n) is 13.8. The predicted molar refractivity (Wildman–Crippen MR) is 106 cm³/mol. The number of rotatable bonds is 6. The minimum Gasteiger partial charge on any atom is -0.308 e. The van der Waals surface area contributed by atoms with Gasteiger partial charge in [-0.25, -0.2) is 4.98 Å². The van der Waals surface area contributed by atoms with Crippen LogP contribution >= 0.6 is 23.2 Å². The summed E-state index contributed by atoms with van der Waals surface area (Å²) in [5.74, 6) is 0.0532. The highest BCUT2D eigenvalue weighted by molar-refractivity contribution is 6.36. The van der Waals surface area contributed by atoms with E-state index in [0.717, 1.165) is 11.1 Å². The van der Waals surface area contributed by atoms with Crippen molar-refractivity contribution in [2.75, 3.05) is 11.9 Å². The molecule has 1 heterocycles. The molecule has 0 radical (unpaired) electrons. The fourth-order valence-electron chi connectivity index (χ4n) is 2.60. The lowest BCUT2D eigenvalue weighted by Gasteiger charge is -2.19. The maximum atomic E-state index is 12.3. The van der Waals surface area contributed by atoms with E-state index in [-0.39, 0.29) is 18.5 Å². The SMILES string of the molecule is O=C(CNC(c1ccccc1)c1ccccc1)Nc1ncc(Cl)cc1Cl. The molecule has 0 aliphatic rings. The maximum Gasteiger partial charge on any atom is 0.239 e. The van der Waals surface area contributed by atoms with Crippen molar-refractivity contribution in [1.29, 1.82) is 0 Å². The first-order valence-corrected chi connectivity index (χ1v) is 8.83. The fraction of sp³-hybridized carbons (Fsp3) is 0.100. The van der Waals surface area contributed by atoms with Gasteiger partial charge in [-0.1, -0.05) is 83.9 Å². The number of benzene rings is 2. The van der Waals surface area contributed by atoms with Crippen molar-refractivity contribution < 1.29 is 4.79 Å². The lowest BCUT2D eigenvalue weighted by Crippen LogP contribution is -2.32. The van der Waals surface area contributed by atoms with E-state index in [4.69, 9.17) is 23.2 Å². The Labute approximate surface area is 162 Å². The Hall–Kier alpha value is -2.40. The smallest absolute Gasteiger partial charge is 0.239 e. The summed E-state index contributed by atoms with van der Waals surface area (Å²) in [4.78, 5) is 16.3. The average molecular weight is 386 g/mol. The molecule has 0 atom stereocenters. The molecule has 0 fully saturated rings. The molecule has 2 N–H and O–H groups in total. The topological polar surface area (TPSA) is 54.0 Å². The van der Waals surface area contributed by atoms with Gasteiger partial charge in [0.05, 0.1) is 22.6 Å². The van der Waals surface area contributed by atoms with Gasteiger partial charge in [-0.3, -0.25) is 10.1 Å². The van der Waals surface area contributed by atoms with Crippen molar-refractivity contribution in [2.45, 2.75) is 6.04 Å². The van der Waals surface area contributed by atoms with Gasteiger partial charge >= 0.3 is 0 Å². The first kappa shape index (κ1) is 18.4. The maximum absolute atomic E-state index is 12.3. The van der Waals surface area contributed by atoms with Crippen LogP contribution < -0.4 is 10.6 Å². The standard InChI is InChI=1S/C20H17Cl2N3O/c21-16-11-17(22)20(24-12-16)25-18(26)13-23-19(14-7-3-1-4-8-14)15-9-5-2-6-10-15/h1-12,19,23H,13H2,(H,24,25,26). The number of carbonyl (C=O) groups excluding carboxylic acids is 1. The van der Waals surface area contributed by atoms with Crippen LogP contribution in [-0.2, 0) is 4.79 Å². The van der Waals surface area contributed by atoms with Gasteiger partial charge in [0.2, 0.25) is 5.91 Å². The lowest BCUT2D eigenvalue weighted by molar-refractivity contribution is -0.115. The number of nitrogens with one attached hydrogen (secondary N) is 2. The first-order valence-electron chi connectivity index (χ1n) is 8.07. The Kier molecular flexibility index (Phi) is 6.23. The molecule has 0 aliphatic carbocycles. The van der Waals surface area contributed by atoms with E-state index < -0.39 is 0 Å². The molecule has 26 heavy (non-hydrogen) atoms. The van der Waals surface area contributed by atoms with E-state index in [1.165, 1.54) is 12.3 Å². The van der Waals surface area contributed by atoms with Gasteiger partial charge in [-0.15, -0.1) is 0 Å². The third-order valence-corrected chi connectivity index (χ3v) is 4.29. The Bertz CT molecular complexity index is 833. The Balaban J connectivity index is 1.71. The number of hydrogen-bond acceptors (Lipinski definition) is 3. The molecule has 3 rings (SSSR count). The third kappa shape index (κ3) is 4.82. The number of carbonyl (C=O) groups is 1. The molecule has 0 bridgehead atoms. The van der Waals surface area contributed by atoms with Gasteiger partial charge in [0.15, 0.2) is 5.82 Å². The minimum absolute atomic E-state index is 0.100. The molecule has 0 saturated carbocycles. The minimum atomic E-state index is -0.237. The largest absolute Gasteiger partial charge is 0.308 e. The van der Waals surface area contributed by atoms with Gasteiger partial charge in [0, 0.05) is 6.20 Å². The molecule has 0 spiro atoms. The summed E-state index contributed by atoms with van der Waals surface area (Å²) in [6.07, 6.45) is 1.44. The predicted octanol–water partition coefficient (Wildman–Crippen LogP) is 4.71. The van der Waals surface area contributed by atoms with Crippen LogP contribution in [0.15, 0.2) is 72.9 Å². The molecule has 2 aromatic carbocycles. The quantitative estimate of drug-likeness (QED) is 0.645. The molecule has 1 amide bonds. The van der Waals surface area contributed by atoms with Crippen molar-refractivity contribution in [3.05, 3.63) is 94.1 Å². The zero-order valence-corrected chi connectivity index (χ0v) is 15.3. The molecule has 3 aromatic rings. The molecule has 1 aromatic heterocycles. The second-order valence-corrected chi connectivity index (χ2v) is 6.51. The van der Waals surface area contributed by atoms with Gasteiger partial charge in [-0.2, -0.15) is 0 Å². The highest BCUT2D eigenvalue weighted by Gasteiger charge is 2.15. The Morgan fingerprint density at radius 1 is 0.962 bits per heavy atom. The monoisotopic (exact) mass is 385 g/mol. The van der Waals surface area contributed by atoms with Crippen LogP contribution in [0.4, 0.5) is 5.82 Å². The number of amides is 1. The summed E-state index contributed by atoms with van der Waals surface area (Å²) in [5, 5.41) is 6.70. The van der Waals surface area contributed by atoms with Gasteiger partial charge < -0.3 is 5.32 Å². The van der Waals surface area contributed by atoms with Crippen LogP contribution in [-0.4, -0.2) is 17.4 Å². The van der Waals surface area contributed by atoms with E-state index in [1.54, 1.807) is 0 Å². The number of hydrogen-bond donors (Lipinski definition) is 2. The van der Waals surface area contributed by atoms with Crippen molar-refractivity contribution in [1.82, 2.24) is 10.3 Å². The molecule has 0 saturated heterocycles. The summed E-state index contributed by atoms with van der Waals surface area (Å²) >= 11 is 11.9. The normalized spacial score (nSPS) is 10.7. The average Bonchev–Trinajstić information content (AvgIpc) is 2.66. The van der Waals surface area contributed by atoms with Crippen LogP contribution in [0.2, 0.25) is 10.0 Å². The molecule has 0 unspecified atom stereocenters. The highest BCUT2D eigenvalue weighted by atomic mass is 35.5. The number of anilines is 1. The van der Waals surface area contributed by atoms with E-state index in [2.05, 4.69) is 15.6 Å². The van der Waals surface area contributed by atoms with Crippen molar-refractivity contribution in [3.63, 3.8) is 0 Å². The van der Waals surface area contributed by atoms with Crippen LogP contribution in [0, 0.1) is 0 Å². The van der Waals surface area contributed by atoms with E-state index in [9.17, 15) is 4.79 Å².